The maximum atomic E-state index is 13.8. The first-order chi connectivity index (χ1) is 11.3. The number of nitrogens with zero attached hydrogens (tertiary/aromatic N) is 3. The molecule has 1 aliphatic heterocycles. The Morgan fingerprint density at radius 3 is 2.91 bits per heavy atom. The van der Waals surface area contributed by atoms with Crippen LogP contribution in [0.1, 0.15) is 19.3 Å². The van der Waals surface area contributed by atoms with E-state index >= 15 is 0 Å². The Bertz CT molecular complexity index is 644. The molecule has 0 atom stereocenters. The van der Waals surface area contributed by atoms with Crippen LogP contribution in [0.25, 0.3) is 10.9 Å². The van der Waals surface area contributed by atoms with Gasteiger partial charge < -0.3 is 15.0 Å². The number of anilines is 1. The number of halogens is 1. The summed E-state index contributed by atoms with van der Waals surface area (Å²) >= 11 is 0. The number of fused-ring (bicyclic) bond motifs is 1. The third-order valence-corrected chi connectivity index (χ3v) is 4.37. The summed E-state index contributed by atoms with van der Waals surface area (Å²) in [5.74, 6) is 0.424. The van der Waals surface area contributed by atoms with E-state index in [1.807, 2.05) is 6.07 Å². The molecule has 1 aliphatic rings. The van der Waals surface area contributed by atoms with Gasteiger partial charge in [0, 0.05) is 44.8 Å². The van der Waals surface area contributed by atoms with Gasteiger partial charge in [0.25, 0.3) is 0 Å². The number of likely N-dealkylation sites (tertiary alicyclic amines) is 1. The number of hydrogen-bond acceptors (Lipinski definition) is 5. The predicted octanol–water partition coefficient (Wildman–Crippen LogP) is 2.68. The van der Waals surface area contributed by atoms with Gasteiger partial charge in [0.15, 0.2) is 0 Å². The smallest absolute Gasteiger partial charge is 0.149 e. The van der Waals surface area contributed by atoms with Crippen molar-refractivity contribution >= 4 is 16.7 Å². The second-order valence-electron chi connectivity index (χ2n) is 5.96. The first kappa shape index (κ1) is 16.1. The normalized spacial score (nSPS) is 16.8. The highest BCUT2D eigenvalue weighted by Gasteiger charge is 2.20. The van der Waals surface area contributed by atoms with Crippen LogP contribution in [0, 0.1) is 5.82 Å². The zero-order chi connectivity index (χ0) is 16.1. The number of para-hydroxylation sites is 1. The lowest BCUT2D eigenvalue weighted by molar-refractivity contribution is 0.159. The zero-order valence-corrected chi connectivity index (χ0v) is 13.5. The zero-order valence-electron chi connectivity index (χ0n) is 13.5. The number of ether oxygens (including phenoxy) is 1. The van der Waals surface area contributed by atoms with Gasteiger partial charge in [-0.2, -0.15) is 0 Å². The van der Waals surface area contributed by atoms with Crippen molar-refractivity contribution in [3.8, 4) is 0 Å². The molecule has 0 unspecified atom stereocenters. The first-order valence-corrected chi connectivity index (χ1v) is 8.15. The minimum Gasteiger partial charge on any atom is -0.385 e. The van der Waals surface area contributed by atoms with Gasteiger partial charge in [-0.3, -0.25) is 0 Å². The van der Waals surface area contributed by atoms with Gasteiger partial charge in [-0.05, 0) is 31.4 Å². The molecule has 1 N–H and O–H groups in total. The van der Waals surface area contributed by atoms with Crippen molar-refractivity contribution in [2.24, 2.45) is 0 Å². The summed E-state index contributed by atoms with van der Waals surface area (Å²) in [4.78, 5) is 10.8. The van der Waals surface area contributed by atoms with Crippen LogP contribution in [0.5, 0.6) is 0 Å². The SMILES string of the molecule is COCCCN1CCC(Nc2ncnc3c(F)cccc23)CC1. The third kappa shape index (κ3) is 3.95. The summed E-state index contributed by atoms with van der Waals surface area (Å²) in [6.45, 7) is 4.04. The molecule has 0 radical (unpaired) electrons. The molecular formula is C17H23FN4O. The molecule has 23 heavy (non-hydrogen) atoms. The summed E-state index contributed by atoms with van der Waals surface area (Å²) in [5, 5.41) is 4.22. The number of methoxy groups -OCH3 is 1. The lowest BCUT2D eigenvalue weighted by Gasteiger charge is -2.32. The molecule has 124 valence electrons. The molecular weight excluding hydrogens is 295 g/mol. The molecule has 1 fully saturated rings. The molecule has 5 nitrogen and oxygen atoms in total. The van der Waals surface area contributed by atoms with Crippen LogP contribution in [0.15, 0.2) is 24.5 Å². The van der Waals surface area contributed by atoms with Crippen LogP contribution in [-0.4, -0.2) is 54.3 Å². The lowest BCUT2D eigenvalue weighted by Crippen LogP contribution is -2.39. The predicted molar refractivity (Wildman–Crippen MR) is 89.1 cm³/mol. The van der Waals surface area contributed by atoms with Crippen LogP contribution in [0.4, 0.5) is 10.2 Å². The highest BCUT2D eigenvalue weighted by atomic mass is 19.1. The minimum absolute atomic E-state index is 0.305. The number of aromatic nitrogens is 2. The number of benzene rings is 1. The number of hydrogen-bond donors (Lipinski definition) is 1. The van der Waals surface area contributed by atoms with Gasteiger partial charge in [-0.15, -0.1) is 0 Å². The standard InChI is InChI=1S/C17H23FN4O/c1-23-11-3-8-22-9-6-13(7-10-22)21-17-14-4-2-5-15(18)16(14)19-12-20-17/h2,4-5,12-13H,3,6-11H2,1H3,(H,19,20,21). The molecule has 2 aromatic rings. The van der Waals surface area contributed by atoms with E-state index in [4.69, 9.17) is 4.74 Å². The van der Waals surface area contributed by atoms with Crippen molar-refractivity contribution < 1.29 is 9.13 Å². The fourth-order valence-electron chi connectivity index (χ4n) is 3.09. The number of nitrogens with one attached hydrogen (secondary N) is 1. The number of rotatable bonds is 6. The van der Waals surface area contributed by atoms with E-state index in [1.165, 1.54) is 12.4 Å². The molecule has 0 amide bonds. The van der Waals surface area contributed by atoms with Gasteiger partial charge >= 0.3 is 0 Å². The largest absolute Gasteiger partial charge is 0.385 e. The molecule has 1 aromatic heterocycles. The van der Waals surface area contributed by atoms with E-state index < -0.39 is 0 Å². The van der Waals surface area contributed by atoms with Crippen molar-refractivity contribution in [3.05, 3.63) is 30.3 Å². The van der Waals surface area contributed by atoms with Crippen molar-refractivity contribution in [1.29, 1.82) is 0 Å². The highest BCUT2D eigenvalue weighted by Crippen LogP contribution is 2.23. The first-order valence-electron chi connectivity index (χ1n) is 8.15. The Hall–Kier alpha value is -1.79. The maximum Gasteiger partial charge on any atom is 0.149 e. The Morgan fingerprint density at radius 2 is 2.13 bits per heavy atom. The average molecular weight is 318 g/mol. The summed E-state index contributed by atoms with van der Waals surface area (Å²) in [6, 6.07) is 5.36. The van der Waals surface area contributed by atoms with E-state index in [0.717, 1.165) is 56.7 Å². The third-order valence-electron chi connectivity index (χ3n) is 4.37. The molecule has 1 saturated heterocycles. The average Bonchev–Trinajstić information content (AvgIpc) is 2.58. The second kappa shape index (κ2) is 7.66. The summed E-state index contributed by atoms with van der Waals surface area (Å²) in [7, 11) is 1.74. The molecule has 6 heteroatoms. The van der Waals surface area contributed by atoms with Gasteiger partial charge in [0.05, 0.1) is 0 Å². The van der Waals surface area contributed by atoms with Gasteiger partial charge in [-0.1, -0.05) is 6.07 Å². The highest BCUT2D eigenvalue weighted by molar-refractivity contribution is 5.89. The van der Waals surface area contributed by atoms with Gasteiger partial charge in [0.2, 0.25) is 0 Å². The van der Waals surface area contributed by atoms with Crippen molar-refractivity contribution in [1.82, 2.24) is 14.9 Å². The van der Waals surface area contributed by atoms with E-state index in [-0.39, 0.29) is 5.82 Å². The molecule has 0 aliphatic carbocycles. The molecule has 0 spiro atoms. The monoisotopic (exact) mass is 318 g/mol. The van der Waals surface area contributed by atoms with Crippen LogP contribution < -0.4 is 5.32 Å². The van der Waals surface area contributed by atoms with E-state index in [9.17, 15) is 4.39 Å². The van der Waals surface area contributed by atoms with Crippen LogP contribution >= 0.6 is 0 Å². The van der Waals surface area contributed by atoms with Crippen molar-refractivity contribution in [3.63, 3.8) is 0 Å². The van der Waals surface area contributed by atoms with Crippen LogP contribution in [-0.2, 0) is 4.74 Å². The Labute approximate surface area is 135 Å². The molecule has 3 rings (SSSR count). The van der Waals surface area contributed by atoms with Crippen molar-refractivity contribution in [2.75, 3.05) is 38.7 Å². The molecule has 1 aromatic carbocycles. The quantitative estimate of drug-likeness (QED) is 0.830. The van der Waals surface area contributed by atoms with E-state index in [2.05, 4.69) is 20.2 Å². The Balaban J connectivity index is 1.60. The van der Waals surface area contributed by atoms with Crippen LogP contribution in [0.3, 0.4) is 0 Å². The van der Waals surface area contributed by atoms with Crippen molar-refractivity contribution in [2.45, 2.75) is 25.3 Å². The topological polar surface area (TPSA) is 50.3 Å². The molecule has 2 heterocycles. The minimum atomic E-state index is -0.305. The summed E-state index contributed by atoms with van der Waals surface area (Å²) < 4.78 is 18.9. The molecule has 0 saturated carbocycles. The maximum absolute atomic E-state index is 13.8. The Kier molecular flexibility index (Phi) is 5.35. The fourth-order valence-corrected chi connectivity index (χ4v) is 3.09. The van der Waals surface area contributed by atoms with E-state index in [0.29, 0.717) is 11.6 Å². The second-order valence-corrected chi connectivity index (χ2v) is 5.96. The Morgan fingerprint density at radius 1 is 1.30 bits per heavy atom. The summed E-state index contributed by atoms with van der Waals surface area (Å²) in [5.41, 5.74) is 0.377. The van der Waals surface area contributed by atoms with Crippen LogP contribution in [0.2, 0.25) is 0 Å². The van der Waals surface area contributed by atoms with Gasteiger partial charge in [0.1, 0.15) is 23.5 Å². The van der Waals surface area contributed by atoms with E-state index in [1.54, 1.807) is 13.2 Å². The molecule has 0 bridgehead atoms. The number of piperidine rings is 1. The summed E-state index contributed by atoms with van der Waals surface area (Å²) in [6.07, 6.45) is 4.62. The van der Waals surface area contributed by atoms with Gasteiger partial charge in [-0.25, -0.2) is 14.4 Å². The fraction of sp³-hybridized carbons (Fsp3) is 0.529. The lowest BCUT2D eigenvalue weighted by atomic mass is 10.0.